The number of alkyl halides is 9. The molecule has 0 spiro atoms. The summed E-state index contributed by atoms with van der Waals surface area (Å²) in [5.41, 5.74) is -2.12. The normalized spacial score (nSPS) is 14.6. The molecule has 0 aliphatic heterocycles. The van der Waals surface area contributed by atoms with E-state index >= 15 is 0 Å². The van der Waals surface area contributed by atoms with Crippen molar-refractivity contribution in [2.24, 2.45) is 0 Å². The Morgan fingerprint density at radius 1 is 0.848 bits per heavy atom. The molecule has 0 aliphatic rings. The summed E-state index contributed by atoms with van der Waals surface area (Å²) in [5.74, 6) is -19.8. The molecule has 1 rings (SSSR count). The van der Waals surface area contributed by atoms with Gasteiger partial charge >= 0.3 is 53.5 Å². The van der Waals surface area contributed by atoms with E-state index in [9.17, 15) is 52.5 Å². The molecule has 4 nitrogen and oxygen atoms in total. The monoisotopic (exact) mass is 526 g/mol. The minimum absolute atomic E-state index is 0. The molecule has 0 bridgehead atoms. The fourth-order valence-corrected chi connectivity index (χ4v) is 3.30. The largest absolute Gasteiger partial charge is 1.00 e. The average molecular weight is 526 g/mol. The van der Waals surface area contributed by atoms with E-state index in [1.54, 1.807) is 0 Å². The van der Waals surface area contributed by atoms with Gasteiger partial charge in [0.1, 0.15) is 6.10 Å². The maximum absolute atomic E-state index is 14.0. The van der Waals surface area contributed by atoms with Crippen molar-refractivity contribution < 1.29 is 86.2 Å². The summed E-state index contributed by atoms with van der Waals surface area (Å²) >= 11 is 0. The molecule has 15 heteroatoms. The summed E-state index contributed by atoms with van der Waals surface area (Å²) in [4.78, 5) is 0. The molecule has 33 heavy (non-hydrogen) atoms. The Morgan fingerprint density at radius 2 is 1.33 bits per heavy atom. The molecule has 0 fully saturated rings. The van der Waals surface area contributed by atoms with Crippen LogP contribution in [0.5, 0.6) is 0 Å². The number of hydrogen-bond donors (Lipinski definition) is 0. The Balaban J connectivity index is 0.0000102. The van der Waals surface area contributed by atoms with E-state index in [-0.39, 0.29) is 53.7 Å². The third-order valence-electron chi connectivity index (χ3n) is 4.59. The third kappa shape index (κ3) is 7.99. The van der Waals surface area contributed by atoms with Gasteiger partial charge < -0.3 is 4.55 Å². The second-order valence-corrected chi connectivity index (χ2v) is 8.05. The van der Waals surface area contributed by atoms with Gasteiger partial charge in [0, 0.05) is 5.56 Å². The molecule has 1 aromatic carbocycles. The van der Waals surface area contributed by atoms with Crippen molar-refractivity contribution in [2.45, 2.75) is 75.5 Å². The van der Waals surface area contributed by atoms with Crippen molar-refractivity contribution in [3.05, 3.63) is 35.4 Å². The second kappa shape index (κ2) is 11.9. The molecule has 0 heterocycles. The second-order valence-electron chi connectivity index (χ2n) is 7.04. The van der Waals surface area contributed by atoms with Gasteiger partial charge in [-0.3, -0.25) is 4.18 Å². The molecule has 0 N–H and O–H groups in total. The van der Waals surface area contributed by atoms with E-state index < -0.39 is 46.0 Å². The Bertz CT molecular complexity index is 843. The molecule has 0 aliphatic carbocycles. The van der Waals surface area contributed by atoms with Gasteiger partial charge in [0.25, 0.3) is 0 Å². The van der Waals surface area contributed by atoms with E-state index in [0.717, 1.165) is 19.3 Å². The Morgan fingerprint density at radius 3 is 1.76 bits per heavy atom. The molecular formula is C18H20F9NaO4S. The smallest absolute Gasteiger partial charge is 0.726 e. The number of halogens is 9. The molecule has 0 aromatic heterocycles. The van der Waals surface area contributed by atoms with Crippen LogP contribution in [0.1, 0.15) is 62.7 Å². The maximum Gasteiger partial charge on any atom is 1.00 e. The van der Waals surface area contributed by atoms with Gasteiger partial charge in [0.15, 0.2) is 0 Å². The molecule has 1 atom stereocenters. The standard InChI is InChI=1S/C18H21F9O4S.Na/c1-2-3-4-5-6-7-14(31-32(28,29)30)12-8-10-13(11-9-12)15(19,20)16(21,22)17(23,24)18(25,26)27;/h8-11,14H,2-7H2,1H3,(H,28,29,30);/q;+1/p-1. The van der Waals surface area contributed by atoms with Crippen LogP contribution in [0.3, 0.4) is 0 Å². The van der Waals surface area contributed by atoms with E-state index in [2.05, 4.69) is 4.18 Å². The van der Waals surface area contributed by atoms with Gasteiger partial charge in [-0.25, -0.2) is 8.42 Å². The predicted octanol–water partition coefficient (Wildman–Crippen LogP) is 3.49. The van der Waals surface area contributed by atoms with Crippen LogP contribution in [0.15, 0.2) is 24.3 Å². The number of rotatable bonds is 12. The van der Waals surface area contributed by atoms with Crippen molar-refractivity contribution in [1.29, 1.82) is 0 Å². The zero-order valence-corrected chi connectivity index (χ0v) is 20.4. The molecule has 0 amide bonds. The van der Waals surface area contributed by atoms with Crippen molar-refractivity contribution in [3.63, 3.8) is 0 Å². The third-order valence-corrected chi connectivity index (χ3v) is 5.06. The fourth-order valence-electron chi connectivity index (χ4n) is 2.81. The van der Waals surface area contributed by atoms with E-state index in [1.165, 1.54) is 0 Å². The summed E-state index contributed by atoms with van der Waals surface area (Å²) < 4.78 is 155. The minimum Gasteiger partial charge on any atom is -0.726 e. The van der Waals surface area contributed by atoms with Gasteiger partial charge in [0.05, 0.1) is 0 Å². The van der Waals surface area contributed by atoms with Gasteiger partial charge in [-0.05, 0) is 12.0 Å². The van der Waals surface area contributed by atoms with E-state index in [4.69, 9.17) is 0 Å². The summed E-state index contributed by atoms with van der Waals surface area (Å²) in [6.45, 7) is 1.93. The van der Waals surface area contributed by atoms with Crippen LogP contribution in [-0.4, -0.2) is 31.0 Å². The van der Waals surface area contributed by atoms with Crippen LogP contribution < -0.4 is 29.6 Å². The van der Waals surface area contributed by atoms with Crippen LogP contribution in [-0.2, 0) is 20.5 Å². The molecular weight excluding hydrogens is 506 g/mol. The minimum atomic E-state index is -7.04. The molecule has 0 saturated carbocycles. The van der Waals surface area contributed by atoms with Gasteiger partial charge in [0.2, 0.25) is 10.4 Å². The van der Waals surface area contributed by atoms with Crippen LogP contribution in [0.4, 0.5) is 39.5 Å². The molecule has 186 valence electrons. The summed E-state index contributed by atoms with van der Waals surface area (Å²) in [6.07, 6.45) is -5.05. The molecule has 0 saturated heterocycles. The number of benzene rings is 1. The van der Waals surface area contributed by atoms with Crippen LogP contribution in [0.2, 0.25) is 0 Å². The van der Waals surface area contributed by atoms with Gasteiger partial charge in [-0.15, -0.1) is 0 Å². The maximum atomic E-state index is 14.0. The topological polar surface area (TPSA) is 66.4 Å². The SMILES string of the molecule is CCCCCCCC(OS(=O)(=O)[O-])c1ccc(C(F)(F)C(F)(F)C(F)(F)C(F)(F)F)cc1.[Na+]. The van der Waals surface area contributed by atoms with Crippen molar-refractivity contribution in [1.82, 2.24) is 0 Å². The first kappa shape index (κ1) is 32.5. The summed E-state index contributed by atoms with van der Waals surface area (Å²) in [7, 11) is -5.26. The predicted molar refractivity (Wildman–Crippen MR) is 93.2 cm³/mol. The van der Waals surface area contributed by atoms with Crippen LogP contribution in [0.25, 0.3) is 0 Å². The zero-order chi connectivity index (χ0) is 25.0. The Kier molecular flexibility index (Phi) is 11.7. The fraction of sp³-hybridized carbons (Fsp3) is 0.667. The zero-order valence-electron chi connectivity index (χ0n) is 17.6. The quantitative estimate of drug-likeness (QED) is 0.138. The first-order valence-corrected chi connectivity index (χ1v) is 10.7. The first-order chi connectivity index (χ1) is 14.4. The summed E-state index contributed by atoms with van der Waals surface area (Å²) in [6, 6.07) is 1.46. The number of unbranched alkanes of at least 4 members (excludes halogenated alkanes) is 4. The average Bonchev–Trinajstić information content (AvgIpc) is 2.65. The van der Waals surface area contributed by atoms with E-state index in [1.807, 2.05) is 6.92 Å². The van der Waals surface area contributed by atoms with Crippen molar-refractivity contribution in [3.8, 4) is 0 Å². The van der Waals surface area contributed by atoms with Gasteiger partial charge in [-0.2, -0.15) is 39.5 Å². The molecule has 1 aromatic rings. The Hall–Kier alpha value is -0.540. The Labute approximate surface area is 207 Å². The van der Waals surface area contributed by atoms with Crippen LogP contribution in [0, 0.1) is 0 Å². The van der Waals surface area contributed by atoms with Gasteiger partial charge in [-0.1, -0.05) is 63.3 Å². The number of hydrogen-bond acceptors (Lipinski definition) is 4. The van der Waals surface area contributed by atoms with Crippen molar-refractivity contribution >= 4 is 10.4 Å². The van der Waals surface area contributed by atoms with Crippen molar-refractivity contribution in [2.75, 3.05) is 0 Å². The molecule has 1 unspecified atom stereocenters. The van der Waals surface area contributed by atoms with Crippen LogP contribution >= 0.6 is 0 Å². The van der Waals surface area contributed by atoms with E-state index in [0.29, 0.717) is 25.0 Å². The molecule has 0 radical (unpaired) electrons. The summed E-state index contributed by atoms with van der Waals surface area (Å²) in [5, 5.41) is 0. The first-order valence-electron chi connectivity index (χ1n) is 9.33.